The lowest BCUT2D eigenvalue weighted by Gasteiger charge is -2.40. The second-order valence-electron chi connectivity index (χ2n) is 5.98. The van der Waals surface area contributed by atoms with Crippen LogP contribution in [0.4, 0.5) is 0 Å². The van der Waals surface area contributed by atoms with E-state index in [4.69, 9.17) is 5.73 Å². The van der Waals surface area contributed by atoms with Crippen molar-refractivity contribution in [1.82, 2.24) is 9.80 Å². The summed E-state index contributed by atoms with van der Waals surface area (Å²) in [6, 6.07) is 1.13. The van der Waals surface area contributed by atoms with Gasteiger partial charge in [0.15, 0.2) is 0 Å². The van der Waals surface area contributed by atoms with Crippen molar-refractivity contribution in [3.63, 3.8) is 0 Å². The van der Waals surface area contributed by atoms with Crippen LogP contribution in [0.25, 0.3) is 0 Å². The van der Waals surface area contributed by atoms with E-state index in [0.717, 1.165) is 19.5 Å². The molecule has 4 nitrogen and oxygen atoms in total. The van der Waals surface area contributed by atoms with Crippen molar-refractivity contribution in [1.29, 1.82) is 0 Å². The Balaban J connectivity index is 2.38. The molecule has 1 saturated heterocycles. The van der Waals surface area contributed by atoms with E-state index < -0.39 is 5.60 Å². The minimum absolute atomic E-state index is 0.339. The monoisotopic (exact) mass is 243 g/mol. The second kappa shape index (κ2) is 6.14. The smallest absolute Gasteiger partial charge is 0.0756 e. The third-order valence-corrected chi connectivity index (χ3v) is 4.03. The molecule has 3 N–H and O–H groups in total. The summed E-state index contributed by atoms with van der Waals surface area (Å²) >= 11 is 0. The predicted octanol–water partition coefficient (Wildman–Crippen LogP) is 0.501. The standard InChI is InChI=1S/C13H29N3O/c1-11(9-13(2,17)10-14)16-7-5-12(6-8-16)15(3)4/h11-12,17H,5-10,14H2,1-4H3. The number of hydrogen-bond donors (Lipinski definition) is 2. The topological polar surface area (TPSA) is 52.7 Å². The van der Waals surface area contributed by atoms with Gasteiger partial charge in [0.2, 0.25) is 0 Å². The van der Waals surface area contributed by atoms with Gasteiger partial charge in [-0.2, -0.15) is 0 Å². The molecule has 0 aromatic carbocycles. The summed E-state index contributed by atoms with van der Waals surface area (Å²) in [5.74, 6) is 0. The lowest BCUT2D eigenvalue weighted by atomic mass is 9.94. The van der Waals surface area contributed by atoms with Crippen LogP contribution in [0, 0.1) is 0 Å². The van der Waals surface area contributed by atoms with E-state index in [1.165, 1.54) is 12.8 Å². The number of likely N-dealkylation sites (tertiary alicyclic amines) is 1. The second-order valence-corrected chi connectivity index (χ2v) is 5.98. The summed E-state index contributed by atoms with van der Waals surface area (Å²) in [7, 11) is 4.31. The molecule has 2 unspecified atom stereocenters. The van der Waals surface area contributed by atoms with Gasteiger partial charge in [0.1, 0.15) is 0 Å². The Bertz CT molecular complexity index is 223. The largest absolute Gasteiger partial charge is 0.389 e. The molecule has 0 aromatic rings. The first-order valence-electron chi connectivity index (χ1n) is 6.68. The molecule has 0 aromatic heterocycles. The molecule has 102 valence electrons. The molecular formula is C13H29N3O. The van der Waals surface area contributed by atoms with Gasteiger partial charge in [-0.1, -0.05) is 0 Å². The molecule has 0 aliphatic carbocycles. The van der Waals surface area contributed by atoms with Crippen LogP contribution >= 0.6 is 0 Å². The quantitative estimate of drug-likeness (QED) is 0.738. The first-order valence-corrected chi connectivity index (χ1v) is 6.68. The maximum Gasteiger partial charge on any atom is 0.0756 e. The van der Waals surface area contributed by atoms with E-state index in [1.807, 2.05) is 6.92 Å². The Kier molecular flexibility index (Phi) is 5.38. The maximum atomic E-state index is 10.0. The molecule has 1 fully saturated rings. The molecule has 0 radical (unpaired) electrons. The van der Waals surface area contributed by atoms with Gasteiger partial charge in [-0.3, -0.25) is 0 Å². The van der Waals surface area contributed by atoms with E-state index in [1.54, 1.807) is 0 Å². The molecule has 0 spiro atoms. The first-order chi connectivity index (χ1) is 7.85. The summed E-state index contributed by atoms with van der Waals surface area (Å²) in [6.45, 7) is 6.62. The highest BCUT2D eigenvalue weighted by atomic mass is 16.3. The number of aliphatic hydroxyl groups is 1. The van der Waals surface area contributed by atoms with Crippen LogP contribution in [0.1, 0.15) is 33.1 Å². The zero-order valence-electron chi connectivity index (χ0n) is 11.8. The average molecular weight is 243 g/mol. The first kappa shape index (κ1) is 14.9. The van der Waals surface area contributed by atoms with Gasteiger partial charge >= 0.3 is 0 Å². The Hall–Kier alpha value is -0.160. The van der Waals surface area contributed by atoms with Crippen molar-refractivity contribution in [2.45, 2.75) is 50.8 Å². The van der Waals surface area contributed by atoms with Crippen molar-refractivity contribution in [3.8, 4) is 0 Å². The molecular weight excluding hydrogens is 214 g/mol. The van der Waals surface area contributed by atoms with Crippen LogP contribution in [0.2, 0.25) is 0 Å². The van der Waals surface area contributed by atoms with Crippen LogP contribution in [-0.2, 0) is 0 Å². The number of nitrogens with zero attached hydrogens (tertiary/aromatic N) is 2. The molecule has 1 heterocycles. The highest BCUT2D eigenvalue weighted by molar-refractivity contribution is 4.84. The molecule has 0 bridgehead atoms. The normalized spacial score (nSPS) is 24.9. The molecule has 1 rings (SSSR count). The number of hydrogen-bond acceptors (Lipinski definition) is 4. The lowest BCUT2D eigenvalue weighted by Crippen LogP contribution is -2.48. The number of rotatable bonds is 5. The molecule has 0 saturated carbocycles. The van der Waals surface area contributed by atoms with E-state index in [9.17, 15) is 5.11 Å². The van der Waals surface area contributed by atoms with E-state index in [0.29, 0.717) is 18.6 Å². The Morgan fingerprint density at radius 3 is 2.35 bits per heavy atom. The Morgan fingerprint density at radius 1 is 1.41 bits per heavy atom. The van der Waals surface area contributed by atoms with Crippen molar-refractivity contribution >= 4 is 0 Å². The van der Waals surface area contributed by atoms with Gasteiger partial charge in [-0.25, -0.2) is 0 Å². The Morgan fingerprint density at radius 2 is 1.94 bits per heavy atom. The molecule has 0 amide bonds. The van der Waals surface area contributed by atoms with Crippen molar-refractivity contribution < 1.29 is 5.11 Å². The van der Waals surface area contributed by atoms with Gasteiger partial charge in [0.25, 0.3) is 0 Å². The molecule has 2 atom stereocenters. The third kappa shape index (κ3) is 4.54. The summed E-state index contributed by atoms with van der Waals surface area (Å²) in [5.41, 5.74) is 4.85. The van der Waals surface area contributed by atoms with Crippen molar-refractivity contribution in [3.05, 3.63) is 0 Å². The number of nitrogens with two attached hydrogens (primary N) is 1. The summed E-state index contributed by atoms with van der Waals surface area (Å²) in [5, 5.41) is 10.0. The van der Waals surface area contributed by atoms with Gasteiger partial charge in [0, 0.05) is 18.6 Å². The van der Waals surface area contributed by atoms with Gasteiger partial charge in [-0.05, 0) is 60.3 Å². The van der Waals surface area contributed by atoms with E-state index in [2.05, 4.69) is 30.8 Å². The van der Waals surface area contributed by atoms with Gasteiger partial charge < -0.3 is 20.6 Å². The fraction of sp³-hybridized carbons (Fsp3) is 1.00. The fourth-order valence-electron chi connectivity index (χ4n) is 2.69. The van der Waals surface area contributed by atoms with Gasteiger partial charge in [-0.15, -0.1) is 0 Å². The third-order valence-electron chi connectivity index (χ3n) is 4.03. The maximum absolute atomic E-state index is 10.0. The van der Waals surface area contributed by atoms with Crippen LogP contribution < -0.4 is 5.73 Å². The van der Waals surface area contributed by atoms with Crippen LogP contribution in [-0.4, -0.2) is 66.3 Å². The zero-order valence-corrected chi connectivity index (χ0v) is 11.8. The molecule has 4 heteroatoms. The van der Waals surface area contributed by atoms with Crippen LogP contribution in [0.3, 0.4) is 0 Å². The molecule has 1 aliphatic heterocycles. The highest BCUT2D eigenvalue weighted by Crippen LogP contribution is 2.21. The predicted molar refractivity (Wildman–Crippen MR) is 72.0 cm³/mol. The fourth-order valence-corrected chi connectivity index (χ4v) is 2.69. The SMILES string of the molecule is CC(CC(C)(O)CN)N1CCC(N(C)C)CC1. The highest BCUT2D eigenvalue weighted by Gasteiger charge is 2.28. The van der Waals surface area contributed by atoms with E-state index >= 15 is 0 Å². The molecule has 1 aliphatic rings. The van der Waals surface area contributed by atoms with E-state index in [-0.39, 0.29) is 0 Å². The van der Waals surface area contributed by atoms with Gasteiger partial charge in [0.05, 0.1) is 5.60 Å². The molecule has 17 heavy (non-hydrogen) atoms. The minimum atomic E-state index is -0.724. The van der Waals surface area contributed by atoms with Crippen LogP contribution in [0.15, 0.2) is 0 Å². The summed E-state index contributed by atoms with van der Waals surface area (Å²) in [4.78, 5) is 4.79. The summed E-state index contributed by atoms with van der Waals surface area (Å²) < 4.78 is 0. The average Bonchev–Trinajstić information content (AvgIpc) is 2.28. The lowest BCUT2D eigenvalue weighted by molar-refractivity contribution is 0.0188. The minimum Gasteiger partial charge on any atom is -0.389 e. The Labute approximate surface area is 106 Å². The zero-order chi connectivity index (χ0) is 13.1. The van der Waals surface area contributed by atoms with Crippen LogP contribution in [0.5, 0.6) is 0 Å². The van der Waals surface area contributed by atoms with Crippen molar-refractivity contribution in [2.75, 3.05) is 33.7 Å². The number of piperidine rings is 1. The van der Waals surface area contributed by atoms with Crippen molar-refractivity contribution in [2.24, 2.45) is 5.73 Å². The summed E-state index contributed by atoms with van der Waals surface area (Å²) in [6.07, 6.45) is 3.21.